The fourth-order valence-corrected chi connectivity index (χ4v) is 2.88. The van der Waals surface area contributed by atoms with Crippen molar-refractivity contribution in [1.82, 2.24) is 0 Å². The maximum Gasteiger partial charge on any atom is 0.311 e. The lowest BCUT2D eigenvalue weighted by Gasteiger charge is -2.16. The number of aliphatic carboxylic acids is 1. The van der Waals surface area contributed by atoms with Gasteiger partial charge in [-0.15, -0.1) is 0 Å². The summed E-state index contributed by atoms with van der Waals surface area (Å²) in [5.74, 6) is -1.30. The minimum absolute atomic E-state index is 0.487. The number of hydrogen-bond donors (Lipinski definition) is 1. The highest BCUT2D eigenvalue weighted by Gasteiger charge is 2.22. The molecule has 20 heavy (non-hydrogen) atoms. The van der Waals surface area contributed by atoms with Crippen LogP contribution in [0, 0.1) is 13.8 Å². The summed E-state index contributed by atoms with van der Waals surface area (Å²) in [5.41, 5.74) is 4.08. The van der Waals surface area contributed by atoms with Crippen molar-refractivity contribution in [3.8, 4) is 0 Å². The largest absolute Gasteiger partial charge is 0.481 e. The van der Waals surface area contributed by atoms with Crippen molar-refractivity contribution in [2.75, 3.05) is 0 Å². The summed E-state index contributed by atoms with van der Waals surface area (Å²) in [4.78, 5) is 11.6. The van der Waals surface area contributed by atoms with Gasteiger partial charge in [0.1, 0.15) is 0 Å². The van der Waals surface area contributed by atoms with Gasteiger partial charge < -0.3 is 5.11 Å². The van der Waals surface area contributed by atoms with Crippen LogP contribution in [0.25, 0.3) is 0 Å². The van der Waals surface area contributed by atoms with Gasteiger partial charge >= 0.3 is 5.97 Å². The van der Waals surface area contributed by atoms with Crippen LogP contribution in [0.3, 0.4) is 0 Å². The van der Waals surface area contributed by atoms with E-state index in [4.69, 9.17) is 0 Å². The van der Waals surface area contributed by atoms with Crippen LogP contribution in [0.15, 0.2) is 46.9 Å². The third kappa shape index (κ3) is 3.28. The van der Waals surface area contributed by atoms with Crippen LogP contribution in [0.4, 0.5) is 0 Å². The Hall–Kier alpha value is -1.61. The fraction of sp³-hybridized carbons (Fsp3) is 0.235. The van der Waals surface area contributed by atoms with E-state index < -0.39 is 11.9 Å². The van der Waals surface area contributed by atoms with Crippen LogP contribution in [0.2, 0.25) is 0 Å². The van der Waals surface area contributed by atoms with Crippen LogP contribution in [-0.2, 0) is 11.2 Å². The molecule has 3 heteroatoms. The third-order valence-electron chi connectivity index (χ3n) is 3.48. The van der Waals surface area contributed by atoms with E-state index in [2.05, 4.69) is 15.9 Å². The number of hydrogen-bond acceptors (Lipinski definition) is 1. The smallest absolute Gasteiger partial charge is 0.311 e. The predicted molar refractivity (Wildman–Crippen MR) is 84.1 cm³/mol. The molecule has 0 spiro atoms. The maximum absolute atomic E-state index is 11.6. The Balaban J connectivity index is 2.37. The topological polar surface area (TPSA) is 37.3 Å². The second-order valence-electron chi connectivity index (χ2n) is 5.05. The molecule has 2 aromatic carbocycles. The Labute approximate surface area is 127 Å². The lowest BCUT2D eigenvalue weighted by atomic mass is 9.88. The van der Waals surface area contributed by atoms with E-state index in [1.165, 1.54) is 0 Å². The number of halogens is 1. The first-order chi connectivity index (χ1) is 9.49. The van der Waals surface area contributed by atoms with Crippen LogP contribution in [0.5, 0.6) is 0 Å². The van der Waals surface area contributed by atoms with Gasteiger partial charge in [-0.2, -0.15) is 0 Å². The number of carboxylic acids is 1. The van der Waals surface area contributed by atoms with Gasteiger partial charge in [0.05, 0.1) is 5.92 Å². The molecule has 2 nitrogen and oxygen atoms in total. The molecule has 2 aromatic rings. The van der Waals surface area contributed by atoms with E-state index in [-0.39, 0.29) is 0 Å². The van der Waals surface area contributed by atoms with E-state index in [0.29, 0.717) is 6.42 Å². The first kappa shape index (κ1) is 14.8. The number of rotatable bonds is 4. The molecule has 1 N–H and O–H groups in total. The lowest BCUT2D eigenvalue weighted by molar-refractivity contribution is -0.138. The number of carbonyl (C=O) groups is 1. The summed E-state index contributed by atoms with van der Waals surface area (Å²) in [7, 11) is 0. The summed E-state index contributed by atoms with van der Waals surface area (Å²) >= 11 is 3.48. The lowest BCUT2D eigenvalue weighted by Crippen LogP contribution is -2.16. The van der Waals surface area contributed by atoms with Gasteiger partial charge in [-0.1, -0.05) is 57.9 Å². The van der Waals surface area contributed by atoms with Crippen molar-refractivity contribution in [2.45, 2.75) is 26.2 Å². The number of benzene rings is 2. The van der Waals surface area contributed by atoms with Crippen LogP contribution < -0.4 is 0 Å². The highest BCUT2D eigenvalue weighted by Crippen LogP contribution is 2.28. The summed E-state index contributed by atoms with van der Waals surface area (Å²) in [6.45, 7) is 3.98. The average Bonchev–Trinajstić information content (AvgIpc) is 2.38. The maximum atomic E-state index is 11.6. The normalized spacial score (nSPS) is 12.2. The molecule has 0 aliphatic rings. The molecule has 1 atom stereocenters. The third-order valence-corrected chi connectivity index (χ3v) is 4.25. The molecule has 0 saturated carbocycles. The molecule has 104 valence electrons. The fourth-order valence-electron chi connectivity index (χ4n) is 2.43. The summed E-state index contributed by atoms with van der Waals surface area (Å²) in [5, 5.41) is 9.56. The SMILES string of the molecule is Cc1ccc(C(Cc2ccccc2Br)C(=O)O)c(C)c1. The highest BCUT2D eigenvalue weighted by molar-refractivity contribution is 9.10. The quantitative estimate of drug-likeness (QED) is 0.896. The molecular formula is C17H17BrO2. The molecule has 0 aliphatic heterocycles. The molecule has 0 bridgehead atoms. The molecule has 0 saturated heterocycles. The van der Waals surface area contributed by atoms with Crippen LogP contribution in [-0.4, -0.2) is 11.1 Å². The van der Waals surface area contributed by atoms with Crippen molar-refractivity contribution in [1.29, 1.82) is 0 Å². The van der Waals surface area contributed by atoms with E-state index in [9.17, 15) is 9.90 Å². The van der Waals surface area contributed by atoms with Gasteiger partial charge in [0.2, 0.25) is 0 Å². The molecule has 0 heterocycles. The molecule has 0 amide bonds. The van der Waals surface area contributed by atoms with Gasteiger partial charge in [-0.25, -0.2) is 0 Å². The van der Waals surface area contributed by atoms with Crippen molar-refractivity contribution in [2.24, 2.45) is 0 Å². The molecule has 0 aromatic heterocycles. The number of aryl methyl sites for hydroxylation is 2. The Morgan fingerprint density at radius 1 is 1.20 bits per heavy atom. The van der Waals surface area contributed by atoms with Crippen LogP contribution >= 0.6 is 15.9 Å². The minimum Gasteiger partial charge on any atom is -0.481 e. The second kappa shape index (κ2) is 6.23. The first-order valence-electron chi connectivity index (χ1n) is 6.52. The molecule has 0 radical (unpaired) electrons. The van der Waals surface area contributed by atoms with Crippen molar-refractivity contribution in [3.05, 3.63) is 69.2 Å². The molecule has 0 fully saturated rings. The molecule has 1 unspecified atom stereocenters. The summed E-state index contributed by atoms with van der Waals surface area (Å²) < 4.78 is 0.955. The van der Waals surface area contributed by atoms with E-state index in [1.54, 1.807) is 0 Å². The van der Waals surface area contributed by atoms with Crippen molar-refractivity contribution < 1.29 is 9.90 Å². The highest BCUT2D eigenvalue weighted by atomic mass is 79.9. The van der Waals surface area contributed by atoms with Gasteiger partial charge in [-0.3, -0.25) is 4.79 Å². The monoisotopic (exact) mass is 332 g/mol. The van der Waals surface area contributed by atoms with Gasteiger partial charge in [-0.05, 0) is 43.0 Å². The molecule has 0 aliphatic carbocycles. The number of carboxylic acid groups (broad SMARTS) is 1. The predicted octanol–water partition coefficient (Wildman–Crippen LogP) is 4.48. The first-order valence-corrected chi connectivity index (χ1v) is 7.31. The average molecular weight is 333 g/mol. The van der Waals surface area contributed by atoms with Gasteiger partial charge in [0, 0.05) is 4.47 Å². The zero-order chi connectivity index (χ0) is 14.7. The Morgan fingerprint density at radius 2 is 1.90 bits per heavy atom. The Kier molecular flexibility index (Phi) is 4.61. The zero-order valence-corrected chi connectivity index (χ0v) is 13.1. The second-order valence-corrected chi connectivity index (χ2v) is 5.90. The Bertz CT molecular complexity index is 635. The van der Waals surface area contributed by atoms with Gasteiger partial charge in [0.25, 0.3) is 0 Å². The summed E-state index contributed by atoms with van der Waals surface area (Å²) in [6, 6.07) is 13.7. The van der Waals surface area contributed by atoms with Crippen molar-refractivity contribution >= 4 is 21.9 Å². The van der Waals surface area contributed by atoms with Gasteiger partial charge in [0.15, 0.2) is 0 Å². The van der Waals surface area contributed by atoms with E-state index in [1.807, 2.05) is 56.3 Å². The zero-order valence-electron chi connectivity index (χ0n) is 11.6. The molecule has 2 rings (SSSR count). The van der Waals surface area contributed by atoms with E-state index >= 15 is 0 Å². The van der Waals surface area contributed by atoms with E-state index in [0.717, 1.165) is 26.7 Å². The Morgan fingerprint density at radius 3 is 2.50 bits per heavy atom. The standard InChI is InChI=1S/C17H17BrO2/c1-11-7-8-14(12(2)9-11)15(17(19)20)10-13-5-3-4-6-16(13)18/h3-9,15H,10H2,1-2H3,(H,19,20). The van der Waals surface area contributed by atoms with Crippen molar-refractivity contribution in [3.63, 3.8) is 0 Å². The molecular weight excluding hydrogens is 316 g/mol. The van der Waals surface area contributed by atoms with Crippen LogP contribution in [0.1, 0.15) is 28.2 Å². The summed E-state index contributed by atoms with van der Waals surface area (Å²) in [6.07, 6.45) is 0.487. The minimum atomic E-state index is -0.785.